The third kappa shape index (κ3) is 6.72. The quantitative estimate of drug-likeness (QED) is 0.198. The SMILES string of the molecule is Cc1ccc(S(=O)(=O)Nc2ccccc2C(=O)N2N=C(C3=C(c4ccccc4)C4C=C(Br)C=CC4=NC3=O)CC2/C=C/c2ccccc2)cc1. The first-order valence-electron chi connectivity index (χ1n) is 16.0. The highest BCUT2D eigenvalue weighted by Gasteiger charge is 2.39. The number of fused-ring (bicyclic) bond motifs is 1. The van der Waals surface area contributed by atoms with Crippen molar-refractivity contribution in [2.45, 2.75) is 24.3 Å². The number of allylic oxidation sites excluding steroid dienone is 5. The number of halogens is 1. The fourth-order valence-corrected chi connectivity index (χ4v) is 7.66. The minimum Gasteiger partial charge on any atom is -0.279 e. The van der Waals surface area contributed by atoms with E-state index in [-0.39, 0.29) is 28.5 Å². The van der Waals surface area contributed by atoms with E-state index >= 15 is 0 Å². The van der Waals surface area contributed by atoms with Gasteiger partial charge in [0.15, 0.2) is 0 Å². The lowest BCUT2D eigenvalue weighted by molar-refractivity contribution is -0.113. The van der Waals surface area contributed by atoms with E-state index in [1.807, 2.05) is 98.0 Å². The van der Waals surface area contributed by atoms with Gasteiger partial charge in [0, 0.05) is 16.8 Å². The first kappa shape index (κ1) is 33.1. The predicted octanol–water partition coefficient (Wildman–Crippen LogP) is 7.98. The molecule has 0 fully saturated rings. The predicted molar refractivity (Wildman–Crippen MR) is 201 cm³/mol. The molecule has 2 atom stereocenters. The van der Waals surface area contributed by atoms with Gasteiger partial charge >= 0.3 is 0 Å². The molecule has 0 saturated carbocycles. The van der Waals surface area contributed by atoms with Crippen LogP contribution in [0, 0.1) is 12.8 Å². The fraction of sp³-hybridized carbons (Fsp3) is 0.100. The Bertz CT molecular complexity index is 2290. The van der Waals surface area contributed by atoms with Crippen molar-refractivity contribution in [3.63, 3.8) is 0 Å². The van der Waals surface area contributed by atoms with E-state index in [2.05, 4.69) is 25.6 Å². The Labute approximate surface area is 299 Å². The Hall–Kier alpha value is -5.45. The second-order valence-electron chi connectivity index (χ2n) is 12.1. The molecule has 1 N–H and O–H groups in total. The van der Waals surface area contributed by atoms with Crippen molar-refractivity contribution in [1.82, 2.24) is 5.01 Å². The molecule has 0 radical (unpaired) electrons. The van der Waals surface area contributed by atoms with Crippen molar-refractivity contribution in [2.24, 2.45) is 16.0 Å². The molecular formula is C40H31BrN4O4S. The van der Waals surface area contributed by atoms with Crippen LogP contribution in [0.5, 0.6) is 0 Å². The Kier molecular flexibility index (Phi) is 9.14. The minimum atomic E-state index is -4.01. The normalized spacial score (nSPS) is 18.9. The molecular weight excluding hydrogens is 712 g/mol. The van der Waals surface area contributed by atoms with Crippen molar-refractivity contribution in [3.8, 4) is 0 Å². The number of para-hydroxylation sites is 1. The van der Waals surface area contributed by atoms with Crippen LogP contribution in [0.1, 0.15) is 33.5 Å². The van der Waals surface area contributed by atoms with E-state index in [1.165, 1.54) is 17.1 Å². The molecule has 248 valence electrons. The average molecular weight is 744 g/mol. The number of nitrogens with one attached hydrogen (secondary N) is 1. The molecule has 8 nitrogen and oxygen atoms in total. The van der Waals surface area contributed by atoms with E-state index in [1.54, 1.807) is 36.4 Å². The molecule has 2 heterocycles. The van der Waals surface area contributed by atoms with Gasteiger partial charge in [-0.05, 0) is 60.0 Å². The maximum absolute atomic E-state index is 14.5. The number of aryl methyl sites for hydroxylation is 1. The number of benzene rings is 4. The summed E-state index contributed by atoms with van der Waals surface area (Å²) in [6.45, 7) is 1.87. The fourth-order valence-electron chi connectivity index (χ4n) is 6.19. The molecule has 1 aliphatic carbocycles. The number of hydrogen-bond donors (Lipinski definition) is 1. The van der Waals surface area contributed by atoms with E-state index in [0.29, 0.717) is 17.0 Å². The Morgan fingerprint density at radius 1 is 0.900 bits per heavy atom. The monoisotopic (exact) mass is 742 g/mol. The molecule has 0 saturated heterocycles. The standard InChI is InChI=1S/C40H31BrN4O4S/c1-26-16-21-31(22-17-26)50(48,49)44-35-15-9-8-14-32(35)40(47)45-30(20-18-27-10-4-2-5-11-27)25-36(43-45)38-37(28-12-6-3-7-13-28)33-24-29(41)19-23-34(33)42-39(38)46/h2-24,30,33,44H,25H2,1H3/b20-18+. The van der Waals surface area contributed by atoms with Crippen molar-refractivity contribution in [2.75, 3.05) is 4.72 Å². The summed E-state index contributed by atoms with van der Waals surface area (Å²) in [5, 5.41) is 6.18. The Balaban J connectivity index is 1.32. The zero-order chi connectivity index (χ0) is 34.8. The number of hydrazone groups is 1. The molecule has 7 rings (SSSR count). The van der Waals surface area contributed by atoms with E-state index in [9.17, 15) is 18.0 Å². The molecule has 0 spiro atoms. The highest BCUT2D eigenvalue weighted by atomic mass is 79.9. The third-order valence-corrected chi connectivity index (χ3v) is 10.6. The lowest BCUT2D eigenvalue weighted by atomic mass is 9.79. The average Bonchev–Trinajstić information content (AvgIpc) is 3.55. The second-order valence-corrected chi connectivity index (χ2v) is 14.7. The number of anilines is 1. The number of nitrogens with zero attached hydrogens (tertiary/aromatic N) is 3. The number of rotatable bonds is 8. The molecule has 4 aromatic carbocycles. The maximum atomic E-state index is 14.5. The zero-order valence-electron chi connectivity index (χ0n) is 26.9. The maximum Gasteiger partial charge on any atom is 0.279 e. The molecule has 4 aromatic rings. The van der Waals surface area contributed by atoms with Gasteiger partial charge in [-0.2, -0.15) is 5.10 Å². The van der Waals surface area contributed by atoms with Gasteiger partial charge < -0.3 is 0 Å². The van der Waals surface area contributed by atoms with Crippen LogP contribution < -0.4 is 4.72 Å². The molecule has 50 heavy (non-hydrogen) atoms. The van der Waals surface area contributed by atoms with Gasteiger partial charge in [-0.1, -0.05) is 125 Å². The first-order valence-corrected chi connectivity index (χ1v) is 18.3. The number of amides is 2. The van der Waals surface area contributed by atoms with E-state index in [4.69, 9.17) is 5.10 Å². The first-order chi connectivity index (χ1) is 24.2. The topological polar surface area (TPSA) is 108 Å². The van der Waals surface area contributed by atoms with Gasteiger partial charge in [-0.3, -0.25) is 14.3 Å². The largest absolute Gasteiger partial charge is 0.279 e. The van der Waals surface area contributed by atoms with E-state index < -0.39 is 27.9 Å². The van der Waals surface area contributed by atoms with Gasteiger partial charge in [0.25, 0.3) is 21.8 Å². The molecule has 10 heteroatoms. The molecule has 0 bridgehead atoms. The lowest BCUT2D eigenvalue weighted by Crippen LogP contribution is -2.32. The minimum absolute atomic E-state index is 0.0739. The van der Waals surface area contributed by atoms with Crippen LogP contribution in [-0.2, 0) is 14.8 Å². The number of hydrogen-bond acceptors (Lipinski definition) is 5. The summed E-state index contributed by atoms with van der Waals surface area (Å²) >= 11 is 3.59. The zero-order valence-corrected chi connectivity index (χ0v) is 29.3. The summed E-state index contributed by atoms with van der Waals surface area (Å²) in [5.41, 5.74) is 5.07. The van der Waals surface area contributed by atoms with Gasteiger partial charge in [-0.25, -0.2) is 18.4 Å². The van der Waals surface area contributed by atoms with Gasteiger partial charge in [-0.15, -0.1) is 0 Å². The smallest absolute Gasteiger partial charge is 0.279 e. The van der Waals surface area contributed by atoms with Crippen LogP contribution in [0.3, 0.4) is 0 Å². The van der Waals surface area contributed by atoms with Crippen LogP contribution in [0.2, 0.25) is 0 Å². The summed E-state index contributed by atoms with van der Waals surface area (Å²) in [7, 11) is -4.01. The summed E-state index contributed by atoms with van der Waals surface area (Å²) < 4.78 is 30.3. The van der Waals surface area contributed by atoms with E-state index in [0.717, 1.165) is 26.7 Å². The summed E-state index contributed by atoms with van der Waals surface area (Å²) in [6, 6.07) is 31.6. The van der Waals surface area contributed by atoms with Crippen LogP contribution in [0.4, 0.5) is 5.69 Å². The second kappa shape index (κ2) is 13.8. The highest BCUT2D eigenvalue weighted by Crippen LogP contribution is 2.40. The molecule has 3 aliphatic rings. The lowest BCUT2D eigenvalue weighted by Gasteiger charge is -2.27. The molecule has 2 amide bonds. The van der Waals surface area contributed by atoms with Crippen LogP contribution in [0.15, 0.2) is 159 Å². The van der Waals surface area contributed by atoms with Crippen molar-refractivity contribution >= 4 is 66.5 Å². The molecule has 2 aliphatic heterocycles. The molecule has 0 aromatic heterocycles. The summed E-state index contributed by atoms with van der Waals surface area (Å²) in [5.74, 6) is -1.27. The van der Waals surface area contributed by atoms with Gasteiger partial charge in [0.1, 0.15) is 0 Å². The summed E-state index contributed by atoms with van der Waals surface area (Å²) in [6.07, 6.45) is 9.73. The third-order valence-electron chi connectivity index (χ3n) is 8.65. The van der Waals surface area contributed by atoms with Crippen LogP contribution in [0.25, 0.3) is 11.6 Å². The Morgan fingerprint density at radius 2 is 1.58 bits per heavy atom. The summed E-state index contributed by atoms with van der Waals surface area (Å²) in [4.78, 5) is 32.9. The number of sulfonamides is 1. The number of aliphatic imine (C=N–C) groups is 1. The Morgan fingerprint density at radius 3 is 2.32 bits per heavy atom. The van der Waals surface area contributed by atoms with Crippen molar-refractivity contribution in [3.05, 3.63) is 166 Å². The highest BCUT2D eigenvalue weighted by molar-refractivity contribution is 9.11. The number of dihydropyridines is 1. The van der Waals surface area contributed by atoms with Gasteiger partial charge in [0.05, 0.1) is 39.2 Å². The van der Waals surface area contributed by atoms with Crippen LogP contribution in [-0.4, -0.2) is 42.7 Å². The van der Waals surface area contributed by atoms with Crippen molar-refractivity contribution in [1.29, 1.82) is 0 Å². The number of carbonyl (C=O) groups is 2. The van der Waals surface area contributed by atoms with Crippen molar-refractivity contribution < 1.29 is 18.0 Å². The van der Waals surface area contributed by atoms with Crippen LogP contribution >= 0.6 is 15.9 Å². The number of carbonyl (C=O) groups excluding carboxylic acids is 2. The molecule has 2 unspecified atom stereocenters. The van der Waals surface area contributed by atoms with Gasteiger partial charge in [0.2, 0.25) is 0 Å².